The molecular formula is C28H38ClN3O4. The van der Waals surface area contributed by atoms with E-state index in [-0.39, 0.29) is 11.8 Å². The van der Waals surface area contributed by atoms with E-state index in [1.54, 1.807) is 33.8 Å². The Morgan fingerprint density at radius 1 is 1.00 bits per heavy atom. The number of para-hydroxylation sites is 1. The summed E-state index contributed by atoms with van der Waals surface area (Å²) in [5.41, 5.74) is 3.11. The van der Waals surface area contributed by atoms with E-state index < -0.39 is 23.8 Å². The summed E-state index contributed by atoms with van der Waals surface area (Å²) in [5.74, 6) is -0.767. The number of alkyl carbamates (subject to hydrolysis) is 1. The number of ether oxygens (including phenoxy) is 1. The van der Waals surface area contributed by atoms with Crippen molar-refractivity contribution in [2.24, 2.45) is 0 Å². The predicted molar refractivity (Wildman–Crippen MR) is 144 cm³/mol. The molecule has 0 heterocycles. The minimum absolute atomic E-state index is 0.312. The third kappa shape index (κ3) is 7.47. The molecule has 2 N–H and O–H groups in total. The van der Waals surface area contributed by atoms with Gasteiger partial charge in [0, 0.05) is 6.54 Å². The Morgan fingerprint density at radius 2 is 1.56 bits per heavy atom. The van der Waals surface area contributed by atoms with Gasteiger partial charge in [0.2, 0.25) is 5.91 Å². The third-order valence-electron chi connectivity index (χ3n) is 5.70. The van der Waals surface area contributed by atoms with Gasteiger partial charge in [-0.3, -0.25) is 9.59 Å². The minimum atomic E-state index is -0.933. The van der Waals surface area contributed by atoms with Gasteiger partial charge < -0.3 is 20.3 Å². The van der Waals surface area contributed by atoms with Crippen LogP contribution in [0.2, 0.25) is 5.02 Å². The van der Waals surface area contributed by atoms with Gasteiger partial charge >= 0.3 is 6.09 Å². The number of anilines is 1. The number of hydrogen-bond donors (Lipinski definition) is 2. The molecule has 0 aliphatic carbocycles. The predicted octanol–water partition coefficient (Wildman–Crippen LogP) is 6.10. The van der Waals surface area contributed by atoms with Gasteiger partial charge in [0.05, 0.1) is 10.7 Å². The molecule has 3 amide bonds. The van der Waals surface area contributed by atoms with Crippen molar-refractivity contribution in [1.29, 1.82) is 0 Å². The first-order valence-electron chi connectivity index (χ1n) is 12.2. The van der Waals surface area contributed by atoms with Crippen molar-refractivity contribution in [3.05, 3.63) is 63.7 Å². The van der Waals surface area contributed by atoms with Crippen molar-refractivity contribution in [2.45, 2.75) is 79.5 Å². The van der Waals surface area contributed by atoms with Crippen molar-refractivity contribution >= 4 is 35.2 Å². The summed E-state index contributed by atoms with van der Waals surface area (Å²) in [4.78, 5) is 41.5. The van der Waals surface area contributed by atoms with E-state index in [2.05, 4.69) is 10.6 Å². The molecule has 0 saturated heterocycles. The summed E-state index contributed by atoms with van der Waals surface area (Å²) in [6, 6.07) is 9.29. The minimum Gasteiger partial charge on any atom is -0.444 e. The molecule has 0 aromatic heterocycles. The van der Waals surface area contributed by atoms with E-state index in [9.17, 15) is 14.4 Å². The molecule has 2 aromatic carbocycles. The average Bonchev–Trinajstić information content (AvgIpc) is 2.75. The van der Waals surface area contributed by atoms with Gasteiger partial charge in [0.25, 0.3) is 5.91 Å². The van der Waals surface area contributed by atoms with Crippen LogP contribution in [0.3, 0.4) is 0 Å². The van der Waals surface area contributed by atoms with Crippen LogP contribution in [0.5, 0.6) is 0 Å². The SMILES string of the molecule is CCCN(C(=O)C(C)NC(=O)OC(C)(C)C)C(C(=O)Nc1c(C)cccc1Cl)c1c(C)cccc1C. The molecule has 0 aliphatic heterocycles. The summed E-state index contributed by atoms with van der Waals surface area (Å²) >= 11 is 6.39. The van der Waals surface area contributed by atoms with Crippen LogP contribution in [0, 0.1) is 20.8 Å². The normalized spacial score (nSPS) is 12.9. The molecular weight excluding hydrogens is 478 g/mol. The molecule has 2 aromatic rings. The van der Waals surface area contributed by atoms with Crippen LogP contribution in [-0.2, 0) is 14.3 Å². The second-order valence-electron chi connectivity index (χ2n) is 10.0. The topological polar surface area (TPSA) is 87.7 Å². The Kier molecular flexibility index (Phi) is 9.93. The highest BCUT2D eigenvalue weighted by Gasteiger charge is 2.36. The van der Waals surface area contributed by atoms with E-state index in [0.717, 1.165) is 22.3 Å². The molecule has 7 nitrogen and oxygen atoms in total. The molecule has 36 heavy (non-hydrogen) atoms. The maximum Gasteiger partial charge on any atom is 0.408 e. The molecule has 2 atom stereocenters. The maximum atomic E-state index is 13.9. The molecule has 0 spiro atoms. The smallest absolute Gasteiger partial charge is 0.408 e. The number of rotatable bonds is 8. The van der Waals surface area contributed by atoms with Crippen molar-refractivity contribution in [2.75, 3.05) is 11.9 Å². The van der Waals surface area contributed by atoms with Crippen LogP contribution < -0.4 is 10.6 Å². The van der Waals surface area contributed by atoms with Gasteiger partial charge in [0.1, 0.15) is 17.7 Å². The second kappa shape index (κ2) is 12.3. The fourth-order valence-electron chi connectivity index (χ4n) is 4.07. The quantitative estimate of drug-likeness (QED) is 0.445. The third-order valence-corrected chi connectivity index (χ3v) is 6.01. The van der Waals surface area contributed by atoms with Crippen molar-refractivity contribution in [3.63, 3.8) is 0 Å². The number of nitrogens with one attached hydrogen (secondary N) is 2. The van der Waals surface area contributed by atoms with Crippen LogP contribution in [0.15, 0.2) is 36.4 Å². The molecule has 2 rings (SSSR count). The lowest BCUT2D eigenvalue weighted by Crippen LogP contribution is -2.51. The van der Waals surface area contributed by atoms with Crippen LogP contribution >= 0.6 is 11.6 Å². The number of amides is 3. The number of carbonyl (C=O) groups excluding carboxylic acids is 3. The monoisotopic (exact) mass is 515 g/mol. The molecule has 8 heteroatoms. The summed E-state index contributed by atoms with van der Waals surface area (Å²) in [5, 5.41) is 5.99. The molecule has 2 unspecified atom stereocenters. The van der Waals surface area contributed by atoms with Crippen molar-refractivity contribution in [1.82, 2.24) is 10.2 Å². The fraction of sp³-hybridized carbons (Fsp3) is 0.464. The summed E-state index contributed by atoms with van der Waals surface area (Å²) < 4.78 is 5.32. The Balaban J connectivity index is 2.51. The van der Waals surface area contributed by atoms with Crippen LogP contribution in [0.25, 0.3) is 0 Å². The molecule has 0 aliphatic rings. The standard InChI is InChI=1S/C28H38ClN3O4/c1-9-16-32(26(34)20(5)30-27(35)36-28(6,7)8)24(22-17(2)12-10-13-18(22)3)25(33)31-23-19(4)14-11-15-21(23)29/h10-15,20,24H,9,16H2,1-8H3,(H,30,35)(H,31,33). The van der Waals surface area contributed by atoms with Gasteiger partial charge in [-0.15, -0.1) is 0 Å². The molecule has 0 fully saturated rings. The van der Waals surface area contributed by atoms with Crippen LogP contribution in [0.4, 0.5) is 10.5 Å². The number of halogens is 1. The lowest BCUT2D eigenvalue weighted by molar-refractivity contribution is -0.140. The zero-order valence-electron chi connectivity index (χ0n) is 22.5. The highest BCUT2D eigenvalue weighted by Crippen LogP contribution is 2.32. The fourth-order valence-corrected chi connectivity index (χ4v) is 4.34. The largest absolute Gasteiger partial charge is 0.444 e. The summed E-state index contributed by atoms with van der Waals surface area (Å²) in [6.07, 6.45) is -0.0790. The first kappa shape index (κ1) is 29.2. The zero-order valence-corrected chi connectivity index (χ0v) is 23.2. The number of nitrogens with zero attached hydrogens (tertiary/aromatic N) is 1. The number of aryl methyl sites for hydroxylation is 3. The van der Waals surface area contributed by atoms with Gasteiger partial charge in [-0.2, -0.15) is 0 Å². The van der Waals surface area contributed by atoms with Crippen LogP contribution in [-0.4, -0.2) is 41.0 Å². The second-order valence-corrected chi connectivity index (χ2v) is 10.4. The lowest BCUT2D eigenvalue weighted by Gasteiger charge is -2.35. The Morgan fingerprint density at radius 3 is 2.08 bits per heavy atom. The van der Waals surface area contributed by atoms with E-state index in [4.69, 9.17) is 16.3 Å². The zero-order chi connectivity index (χ0) is 27.2. The van der Waals surface area contributed by atoms with Crippen molar-refractivity contribution < 1.29 is 19.1 Å². The van der Waals surface area contributed by atoms with Gasteiger partial charge in [-0.1, -0.05) is 48.9 Å². The molecule has 0 saturated carbocycles. The summed E-state index contributed by atoms with van der Waals surface area (Å²) in [7, 11) is 0. The molecule has 0 radical (unpaired) electrons. The maximum absolute atomic E-state index is 13.9. The van der Waals surface area contributed by atoms with E-state index >= 15 is 0 Å². The number of carbonyl (C=O) groups is 3. The molecule has 196 valence electrons. The first-order valence-corrected chi connectivity index (χ1v) is 12.6. The van der Waals surface area contributed by atoms with Crippen LogP contribution in [0.1, 0.15) is 69.3 Å². The molecule has 0 bridgehead atoms. The van der Waals surface area contributed by atoms with Gasteiger partial charge in [-0.05, 0) is 83.2 Å². The Labute approximate surface area is 219 Å². The first-order chi connectivity index (χ1) is 16.8. The Bertz CT molecular complexity index is 1070. The summed E-state index contributed by atoms with van der Waals surface area (Å²) in [6.45, 7) is 14.8. The van der Waals surface area contributed by atoms with Crippen molar-refractivity contribution in [3.8, 4) is 0 Å². The van der Waals surface area contributed by atoms with E-state index in [1.807, 2.05) is 58.0 Å². The highest BCUT2D eigenvalue weighted by atomic mass is 35.5. The highest BCUT2D eigenvalue weighted by molar-refractivity contribution is 6.34. The number of hydrogen-bond acceptors (Lipinski definition) is 4. The van der Waals surface area contributed by atoms with E-state index in [1.165, 1.54) is 4.90 Å². The lowest BCUT2D eigenvalue weighted by atomic mass is 9.93. The van der Waals surface area contributed by atoms with Gasteiger partial charge in [-0.25, -0.2) is 4.79 Å². The van der Waals surface area contributed by atoms with E-state index in [0.29, 0.717) is 23.7 Å². The number of benzene rings is 2. The Hall–Kier alpha value is -3.06. The average molecular weight is 516 g/mol. The van der Waals surface area contributed by atoms with Gasteiger partial charge in [0.15, 0.2) is 0 Å².